The van der Waals surface area contributed by atoms with E-state index in [1.807, 2.05) is 18.9 Å². The number of carbonyl (C=O) groups excluding carboxylic acids is 1. The van der Waals surface area contributed by atoms with Crippen LogP contribution in [0.1, 0.15) is 48.2 Å². The quantitative estimate of drug-likeness (QED) is 0.900. The van der Waals surface area contributed by atoms with Gasteiger partial charge in [0, 0.05) is 18.8 Å². The monoisotopic (exact) mass is 273 g/mol. The Hall–Kier alpha value is -1.32. The van der Waals surface area contributed by atoms with Crippen LogP contribution in [-0.2, 0) is 0 Å². The average Bonchev–Trinajstić information content (AvgIpc) is 2.82. The van der Waals surface area contributed by atoms with Gasteiger partial charge in [0.15, 0.2) is 0 Å². The highest BCUT2D eigenvalue weighted by atomic mass is 16.2. The van der Waals surface area contributed by atoms with Gasteiger partial charge in [0.05, 0.1) is 11.8 Å². The van der Waals surface area contributed by atoms with Crippen molar-refractivity contribution in [3.05, 3.63) is 17.5 Å². The summed E-state index contributed by atoms with van der Waals surface area (Å²) in [4.78, 5) is 14.7. The fraction of sp³-hybridized carbons (Fsp3) is 0.750. The summed E-state index contributed by atoms with van der Waals surface area (Å²) in [6.07, 6.45) is 8.51. The van der Waals surface area contributed by atoms with E-state index in [1.165, 1.54) is 32.1 Å². The van der Waals surface area contributed by atoms with Gasteiger partial charge in [-0.05, 0) is 62.7 Å². The molecule has 1 aromatic rings. The zero-order chi connectivity index (χ0) is 13.9. The van der Waals surface area contributed by atoms with Crippen LogP contribution in [0.2, 0.25) is 0 Å². The largest absolute Gasteiger partial charge is 0.338 e. The molecule has 5 rings (SSSR count). The van der Waals surface area contributed by atoms with Crippen molar-refractivity contribution in [3.63, 3.8) is 0 Å². The lowest BCUT2D eigenvalue weighted by atomic mass is 9.54. The van der Waals surface area contributed by atoms with Crippen molar-refractivity contribution in [1.29, 1.82) is 0 Å². The van der Waals surface area contributed by atoms with Gasteiger partial charge in [0.1, 0.15) is 0 Å². The summed E-state index contributed by atoms with van der Waals surface area (Å²) in [7, 11) is 2.00. The molecule has 108 valence electrons. The van der Waals surface area contributed by atoms with E-state index < -0.39 is 0 Å². The van der Waals surface area contributed by atoms with Gasteiger partial charge in [-0.25, -0.2) is 0 Å². The van der Waals surface area contributed by atoms with Crippen LogP contribution in [0.3, 0.4) is 0 Å². The zero-order valence-electron chi connectivity index (χ0n) is 12.3. The third-order valence-electron chi connectivity index (χ3n) is 6.00. The van der Waals surface area contributed by atoms with Gasteiger partial charge >= 0.3 is 0 Å². The predicted octanol–water partition coefficient (Wildman–Crippen LogP) is 2.61. The van der Waals surface area contributed by atoms with E-state index in [0.717, 1.165) is 34.9 Å². The molecule has 4 heteroatoms. The maximum absolute atomic E-state index is 12.7. The van der Waals surface area contributed by atoms with E-state index in [0.29, 0.717) is 6.04 Å². The molecule has 0 unspecified atom stereocenters. The molecule has 4 aliphatic rings. The molecule has 1 heterocycles. The Balaban J connectivity index is 1.58. The van der Waals surface area contributed by atoms with Gasteiger partial charge in [0.2, 0.25) is 0 Å². The van der Waals surface area contributed by atoms with Crippen LogP contribution in [-0.4, -0.2) is 34.1 Å². The fourth-order valence-electron chi connectivity index (χ4n) is 5.42. The molecule has 0 aliphatic heterocycles. The van der Waals surface area contributed by atoms with Gasteiger partial charge in [-0.15, -0.1) is 0 Å². The molecule has 4 fully saturated rings. The normalized spacial score (nSPS) is 38.2. The molecule has 1 aromatic heterocycles. The second kappa shape index (κ2) is 4.34. The van der Waals surface area contributed by atoms with Crippen molar-refractivity contribution in [1.82, 2.24) is 15.1 Å². The molecule has 4 bridgehead atoms. The van der Waals surface area contributed by atoms with Crippen LogP contribution in [0.4, 0.5) is 0 Å². The van der Waals surface area contributed by atoms with Gasteiger partial charge < -0.3 is 4.90 Å². The first-order chi connectivity index (χ1) is 9.63. The minimum atomic E-state index is 0.147. The summed E-state index contributed by atoms with van der Waals surface area (Å²) in [6.45, 7) is 1.92. The van der Waals surface area contributed by atoms with E-state index >= 15 is 0 Å². The number of hydrogen-bond acceptors (Lipinski definition) is 2. The van der Waals surface area contributed by atoms with Crippen LogP contribution in [0.5, 0.6) is 0 Å². The summed E-state index contributed by atoms with van der Waals surface area (Å²) in [6, 6.07) is 0.463. The van der Waals surface area contributed by atoms with Crippen LogP contribution in [0, 0.1) is 30.6 Å². The molecule has 20 heavy (non-hydrogen) atoms. The first-order valence-corrected chi connectivity index (χ1v) is 7.90. The highest BCUT2D eigenvalue weighted by Crippen LogP contribution is 2.55. The van der Waals surface area contributed by atoms with E-state index in [9.17, 15) is 4.79 Å². The summed E-state index contributed by atoms with van der Waals surface area (Å²) in [5, 5.41) is 6.86. The van der Waals surface area contributed by atoms with E-state index in [1.54, 1.807) is 6.20 Å². The van der Waals surface area contributed by atoms with E-state index in [2.05, 4.69) is 10.2 Å². The Morgan fingerprint density at radius 1 is 1.20 bits per heavy atom. The summed E-state index contributed by atoms with van der Waals surface area (Å²) in [5.74, 6) is 3.54. The van der Waals surface area contributed by atoms with E-state index in [-0.39, 0.29) is 5.91 Å². The summed E-state index contributed by atoms with van der Waals surface area (Å²) >= 11 is 0. The highest BCUT2D eigenvalue weighted by molar-refractivity contribution is 5.95. The molecule has 0 saturated heterocycles. The first-order valence-electron chi connectivity index (χ1n) is 7.90. The van der Waals surface area contributed by atoms with Crippen LogP contribution in [0.25, 0.3) is 0 Å². The number of carbonyl (C=O) groups is 1. The molecule has 0 radical (unpaired) electrons. The first kappa shape index (κ1) is 12.4. The average molecular weight is 273 g/mol. The Morgan fingerprint density at radius 2 is 1.80 bits per heavy atom. The summed E-state index contributed by atoms with van der Waals surface area (Å²) in [5.41, 5.74) is 1.62. The third kappa shape index (κ3) is 1.73. The molecule has 4 aliphatic carbocycles. The fourth-order valence-corrected chi connectivity index (χ4v) is 5.42. The molecular weight excluding hydrogens is 250 g/mol. The number of aryl methyl sites for hydroxylation is 1. The number of hydrogen-bond donors (Lipinski definition) is 1. The number of H-pyrrole nitrogens is 1. The molecule has 1 N–H and O–H groups in total. The van der Waals surface area contributed by atoms with Crippen molar-refractivity contribution in [2.24, 2.45) is 23.7 Å². The number of rotatable bonds is 2. The van der Waals surface area contributed by atoms with Crippen molar-refractivity contribution in [3.8, 4) is 0 Å². The smallest absolute Gasteiger partial charge is 0.257 e. The molecule has 4 saturated carbocycles. The molecule has 4 nitrogen and oxygen atoms in total. The van der Waals surface area contributed by atoms with Gasteiger partial charge in [-0.1, -0.05) is 0 Å². The second-order valence-electron chi connectivity index (χ2n) is 7.25. The van der Waals surface area contributed by atoms with Gasteiger partial charge in [-0.2, -0.15) is 5.10 Å². The number of aromatic nitrogens is 2. The van der Waals surface area contributed by atoms with Gasteiger partial charge in [0.25, 0.3) is 5.91 Å². The Bertz CT molecular complexity index is 508. The number of nitrogens with zero attached hydrogens (tertiary/aromatic N) is 2. The maximum Gasteiger partial charge on any atom is 0.257 e. The Morgan fingerprint density at radius 3 is 2.30 bits per heavy atom. The van der Waals surface area contributed by atoms with Crippen LogP contribution >= 0.6 is 0 Å². The lowest BCUT2D eigenvalue weighted by Crippen LogP contribution is -2.56. The van der Waals surface area contributed by atoms with Crippen LogP contribution < -0.4 is 0 Å². The third-order valence-corrected chi connectivity index (χ3v) is 6.00. The minimum absolute atomic E-state index is 0.147. The van der Waals surface area contributed by atoms with Crippen molar-refractivity contribution in [2.45, 2.75) is 45.1 Å². The Kier molecular flexibility index (Phi) is 2.69. The molecule has 1 amide bonds. The van der Waals surface area contributed by atoms with Crippen molar-refractivity contribution >= 4 is 5.91 Å². The predicted molar refractivity (Wildman–Crippen MR) is 76.3 cm³/mol. The van der Waals surface area contributed by atoms with Crippen molar-refractivity contribution < 1.29 is 4.79 Å². The zero-order valence-corrected chi connectivity index (χ0v) is 12.3. The van der Waals surface area contributed by atoms with E-state index in [4.69, 9.17) is 0 Å². The number of nitrogens with one attached hydrogen (secondary N) is 1. The lowest BCUT2D eigenvalue weighted by molar-refractivity contribution is -0.0491. The Labute approximate surface area is 119 Å². The van der Waals surface area contributed by atoms with Gasteiger partial charge in [-0.3, -0.25) is 9.89 Å². The van der Waals surface area contributed by atoms with Crippen molar-refractivity contribution in [2.75, 3.05) is 7.05 Å². The maximum atomic E-state index is 12.7. The summed E-state index contributed by atoms with van der Waals surface area (Å²) < 4.78 is 0. The number of aromatic amines is 1. The molecule has 0 atom stereocenters. The lowest BCUT2D eigenvalue weighted by Gasteiger charge is -2.56. The highest BCUT2D eigenvalue weighted by Gasteiger charge is 2.50. The second-order valence-corrected chi connectivity index (χ2v) is 7.25. The molecule has 0 spiro atoms. The topological polar surface area (TPSA) is 49.0 Å². The molecule has 0 aromatic carbocycles. The minimum Gasteiger partial charge on any atom is -0.338 e. The number of amides is 1. The SMILES string of the molecule is Cc1[nH]ncc1C(=O)N(C)C1C2CC3CC(C2)CC1C3. The van der Waals surface area contributed by atoms with Crippen LogP contribution in [0.15, 0.2) is 6.20 Å². The standard InChI is InChI=1S/C16H23N3O/c1-9-14(8-17-18-9)16(20)19(2)15-12-4-10-3-11(6-12)7-13(15)5-10/h8,10-13,15H,3-7H2,1-2H3,(H,17,18). The molecular formula is C16H23N3O.